The fraction of sp³-hybridized carbons (Fsp3) is 0.370. The van der Waals surface area contributed by atoms with E-state index >= 15 is 0 Å². The van der Waals surface area contributed by atoms with Gasteiger partial charge < -0.3 is 44.9 Å². The van der Waals surface area contributed by atoms with E-state index in [1.165, 1.54) is 4.90 Å². The number of aliphatic hydroxyl groups is 1. The molecular weight excluding hydrogens is 839 g/mol. The van der Waals surface area contributed by atoms with Crippen LogP contribution in [0.2, 0.25) is 0 Å². The molecule has 2 amide bonds. The summed E-state index contributed by atoms with van der Waals surface area (Å²) < 4.78 is 24.5. The highest BCUT2D eigenvalue weighted by Gasteiger charge is 2.43. The molecule has 4 atom stereocenters. The van der Waals surface area contributed by atoms with E-state index in [1.807, 2.05) is 69.7 Å². The fourth-order valence-electron chi connectivity index (χ4n) is 7.39. The van der Waals surface area contributed by atoms with Crippen molar-refractivity contribution in [3.05, 3.63) is 118 Å². The molecule has 0 saturated carbocycles. The van der Waals surface area contributed by atoms with Gasteiger partial charge in [0.25, 0.3) is 5.88 Å². The number of hydrogen-bond acceptors (Lipinski definition) is 15. The number of nitrogens with zero attached hydrogens (tertiary/aromatic N) is 5. The molecule has 336 valence electrons. The van der Waals surface area contributed by atoms with Crippen LogP contribution >= 0.6 is 11.3 Å². The Morgan fingerprint density at radius 1 is 1.05 bits per heavy atom. The Hall–Kier alpha value is -6.65. The van der Waals surface area contributed by atoms with Crippen LogP contribution in [0.1, 0.15) is 67.3 Å². The van der Waals surface area contributed by atoms with E-state index in [9.17, 15) is 19.8 Å². The zero-order chi connectivity index (χ0) is 45.2. The molecule has 2 aliphatic rings. The summed E-state index contributed by atoms with van der Waals surface area (Å²) in [5, 5.41) is 32.3. The summed E-state index contributed by atoms with van der Waals surface area (Å²) in [7, 11) is 0. The minimum atomic E-state index is -0.846. The van der Waals surface area contributed by atoms with Gasteiger partial charge in [0.2, 0.25) is 11.8 Å². The molecule has 2 aliphatic heterocycles. The predicted molar refractivity (Wildman–Crippen MR) is 239 cm³/mol. The van der Waals surface area contributed by atoms with Gasteiger partial charge in [-0.15, -0.1) is 11.3 Å². The number of β-amino-alcohol motifs (C(OH)–C–C–N with tert-alkyl or cyclic N) is 1. The number of benzene rings is 2. The number of hydrogen-bond donors (Lipinski definition) is 6. The summed E-state index contributed by atoms with van der Waals surface area (Å²) in [6.45, 7) is 9.78. The molecule has 1 saturated heterocycles. The molecule has 18 heteroatoms. The lowest BCUT2D eigenvalue weighted by molar-refractivity contribution is -0.141. The van der Waals surface area contributed by atoms with Gasteiger partial charge in [0.15, 0.2) is 5.76 Å². The second-order valence-electron chi connectivity index (χ2n) is 15.8. The fourth-order valence-corrected chi connectivity index (χ4v) is 8.20. The van der Waals surface area contributed by atoms with Gasteiger partial charge in [-0.3, -0.25) is 25.1 Å². The molecule has 0 bridgehead atoms. The van der Waals surface area contributed by atoms with Gasteiger partial charge in [-0.25, -0.2) is 4.98 Å². The summed E-state index contributed by atoms with van der Waals surface area (Å²) in [4.78, 5) is 34.6. The van der Waals surface area contributed by atoms with Crippen LogP contribution in [0.25, 0.3) is 16.1 Å². The quantitative estimate of drug-likeness (QED) is 0.0531. The third-order valence-corrected chi connectivity index (χ3v) is 11.8. The number of aromatic nitrogens is 4. The van der Waals surface area contributed by atoms with E-state index in [2.05, 4.69) is 43.2 Å². The third kappa shape index (κ3) is 11.3. The number of amides is 2. The van der Waals surface area contributed by atoms with Crippen LogP contribution in [0.15, 0.2) is 94.5 Å². The number of aromatic hydroxyl groups is 1. The zero-order valence-corrected chi connectivity index (χ0v) is 36.9. The average molecular weight is 892 g/mol. The number of para-hydroxylation sites is 1. The predicted octanol–water partition coefficient (Wildman–Crippen LogP) is 4.37. The van der Waals surface area contributed by atoms with Gasteiger partial charge in [-0.2, -0.15) is 5.10 Å². The number of phenolic OH excluding ortho intramolecular Hbond substituents is 1. The molecule has 0 radical (unpaired) electrons. The highest BCUT2D eigenvalue weighted by molar-refractivity contribution is 7.13. The number of ether oxygens (including phenoxy) is 3. The Balaban J connectivity index is 0.813. The molecule has 0 aliphatic carbocycles. The number of allylic oxidation sites excluding steroid dienone is 2. The summed E-state index contributed by atoms with van der Waals surface area (Å²) in [5.41, 5.74) is 19.2. The number of thiazole rings is 1. The van der Waals surface area contributed by atoms with Crippen molar-refractivity contribution in [2.75, 3.05) is 39.6 Å². The van der Waals surface area contributed by atoms with Gasteiger partial charge in [-0.1, -0.05) is 62.1 Å². The molecule has 2 aromatic carbocycles. The van der Waals surface area contributed by atoms with Crippen LogP contribution in [0.4, 0.5) is 0 Å². The van der Waals surface area contributed by atoms with Crippen LogP contribution in [-0.2, 0) is 25.6 Å². The Bertz CT molecular complexity index is 2520. The number of nitrogens with one attached hydrogen (secondary N) is 3. The summed E-state index contributed by atoms with van der Waals surface area (Å²) >= 11 is 1.58. The molecule has 3 aromatic heterocycles. The van der Waals surface area contributed by atoms with Gasteiger partial charge in [0, 0.05) is 30.8 Å². The van der Waals surface area contributed by atoms with E-state index in [-0.39, 0.29) is 61.6 Å². The number of rotatable bonds is 18. The van der Waals surface area contributed by atoms with E-state index in [0.717, 1.165) is 21.7 Å². The van der Waals surface area contributed by atoms with E-state index < -0.39 is 18.1 Å². The number of likely N-dealkylation sites (tertiary alicyclic amines) is 1. The first-order valence-electron chi connectivity index (χ1n) is 21.1. The average Bonchev–Trinajstić information content (AvgIpc) is 4.11. The number of aryl methyl sites for hydroxylation is 1. The molecule has 5 aromatic rings. The maximum Gasteiger partial charge on any atom is 0.254 e. The van der Waals surface area contributed by atoms with Crippen LogP contribution in [0, 0.1) is 24.7 Å². The summed E-state index contributed by atoms with van der Waals surface area (Å²) in [5.74, 6) is 5.53. The summed E-state index contributed by atoms with van der Waals surface area (Å²) in [6.07, 6.45) is 4.55. The first kappa shape index (κ1) is 45.4. The van der Waals surface area contributed by atoms with Crippen LogP contribution in [-0.4, -0.2) is 98.6 Å². The van der Waals surface area contributed by atoms with Crippen LogP contribution in [0.3, 0.4) is 0 Å². The molecule has 17 nitrogen and oxygen atoms in total. The van der Waals surface area contributed by atoms with Crippen molar-refractivity contribution in [3.8, 4) is 33.9 Å². The Morgan fingerprint density at radius 3 is 2.56 bits per heavy atom. The lowest BCUT2D eigenvalue weighted by Crippen LogP contribution is -2.48. The second kappa shape index (κ2) is 21.1. The molecule has 1 fully saturated rings. The lowest BCUT2D eigenvalue weighted by Gasteiger charge is -2.29. The number of nitrogens with two attached hydrogens (primary N) is 1. The monoisotopic (exact) mass is 891 g/mol. The first-order chi connectivity index (χ1) is 30.9. The Labute approximate surface area is 375 Å². The number of carbonyl (C=O) groups is 2. The number of hydrazine groups is 1. The number of carbonyl (C=O) groups excluding carboxylic acids is 2. The second-order valence-corrected chi connectivity index (χ2v) is 16.6. The van der Waals surface area contributed by atoms with Gasteiger partial charge >= 0.3 is 0 Å². The van der Waals surface area contributed by atoms with Crippen LogP contribution in [0.5, 0.6) is 11.6 Å². The van der Waals surface area contributed by atoms with Crippen molar-refractivity contribution in [2.24, 2.45) is 11.7 Å². The first-order valence-corrected chi connectivity index (χ1v) is 21.9. The van der Waals surface area contributed by atoms with Crippen molar-refractivity contribution < 1.29 is 38.5 Å². The normalized spacial score (nSPS) is 17.0. The van der Waals surface area contributed by atoms with Crippen LogP contribution < -0.4 is 26.6 Å². The van der Waals surface area contributed by atoms with Crippen molar-refractivity contribution >= 4 is 28.8 Å². The van der Waals surface area contributed by atoms with Gasteiger partial charge in [0.05, 0.1) is 84.2 Å². The number of aliphatic hydroxyl groups excluding tert-OH is 1. The van der Waals surface area contributed by atoms with E-state index in [4.69, 9.17) is 24.5 Å². The standard InChI is InChI=1S/C46H53N9O8S/c1-28(2)42(46(59)55-26-35(56)22-38(55)45(58)50-29(3)32-11-13-33(14-12-32)43-30(4)48-27-64-43)40-23-41(53-63-40)62-20-19-61-18-17-60-16-15-54-25-31(24-49-54)9-10-34-21-37(51-52-44(34)47)36-7-5-6-8-39(36)57/h5-8,11-14,21,23-25,27-29,35,38,42,51-52,56-57H,15-20,22,26,47H2,1-4H3,(H,50,58)/t29-,35+,38-,42+/m0/s1. The molecule has 7 rings (SSSR count). The molecule has 0 unspecified atom stereocenters. The Kier molecular flexibility index (Phi) is 15.0. The van der Waals surface area contributed by atoms with Gasteiger partial charge in [-0.05, 0) is 54.3 Å². The highest BCUT2D eigenvalue weighted by Crippen LogP contribution is 2.33. The largest absolute Gasteiger partial charge is 0.507 e. The van der Waals surface area contributed by atoms with Crippen molar-refractivity contribution in [1.82, 2.24) is 41.0 Å². The maximum absolute atomic E-state index is 14.1. The van der Waals surface area contributed by atoms with Gasteiger partial charge in [0.1, 0.15) is 30.1 Å². The minimum Gasteiger partial charge on any atom is -0.507 e. The smallest absolute Gasteiger partial charge is 0.254 e. The van der Waals surface area contributed by atoms with Crippen molar-refractivity contribution in [2.45, 2.75) is 64.8 Å². The lowest BCUT2D eigenvalue weighted by atomic mass is 9.91. The molecule has 64 heavy (non-hydrogen) atoms. The minimum absolute atomic E-state index is 0.0319. The maximum atomic E-state index is 14.1. The van der Waals surface area contributed by atoms with Crippen molar-refractivity contribution in [1.29, 1.82) is 0 Å². The Morgan fingerprint density at radius 2 is 1.81 bits per heavy atom. The molecular formula is C46H53N9O8S. The third-order valence-electron chi connectivity index (χ3n) is 10.8. The molecule has 5 heterocycles. The molecule has 0 spiro atoms. The zero-order valence-electron chi connectivity index (χ0n) is 36.1. The van der Waals surface area contributed by atoms with E-state index in [0.29, 0.717) is 60.3 Å². The van der Waals surface area contributed by atoms with Crippen molar-refractivity contribution in [3.63, 3.8) is 0 Å². The molecule has 7 N–H and O–H groups in total. The summed E-state index contributed by atoms with van der Waals surface area (Å²) in [6, 6.07) is 15.4. The highest BCUT2D eigenvalue weighted by atomic mass is 32.1. The number of phenols is 1. The SMILES string of the molecule is Cc1ncsc1-c1ccc([C@H](C)NC(=O)[C@@H]2C[C@@H](O)CN2C(=O)[C@@H](c2cc(OCCOCCOCCn3cc(C#CC4=C(N)NNC(c5ccccc5O)=C4)cn3)no2)C(C)C)cc1. The topological polar surface area (TPSA) is 224 Å². The van der Waals surface area contributed by atoms with E-state index in [1.54, 1.807) is 52.6 Å².